The standard InChI is InChI=1S/C21H34O3S/c1-15-8-11-17(12-9-15)25(22,23)24-19-14-16(20(2,3)4)10-13-18(19)21(5,6)7/h8-9,11-12,16,18-19H,10,13-14H2,1-7H3/t16-,18-,19+/m0/s1. The lowest BCUT2D eigenvalue weighted by atomic mass is 9.63. The molecule has 2 rings (SSSR count). The normalized spacial score (nSPS) is 25.8. The molecule has 1 aliphatic carbocycles. The van der Waals surface area contributed by atoms with E-state index >= 15 is 0 Å². The second-order valence-corrected chi connectivity index (χ2v) is 11.3. The quantitative estimate of drug-likeness (QED) is 0.656. The van der Waals surface area contributed by atoms with Crippen LogP contribution in [0.25, 0.3) is 0 Å². The summed E-state index contributed by atoms with van der Waals surface area (Å²) in [7, 11) is -3.74. The molecule has 3 atom stereocenters. The Morgan fingerprint density at radius 3 is 1.96 bits per heavy atom. The lowest BCUT2D eigenvalue weighted by Crippen LogP contribution is -2.43. The molecule has 0 amide bonds. The molecule has 0 unspecified atom stereocenters. The average molecular weight is 367 g/mol. The topological polar surface area (TPSA) is 43.4 Å². The van der Waals surface area contributed by atoms with Gasteiger partial charge in [0.2, 0.25) is 0 Å². The molecule has 0 radical (unpaired) electrons. The van der Waals surface area contributed by atoms with Crippen molar-refractivity contribution < 1.29 is 12.6 Å². The highest BCUT2D eigenvalue weighted by Gasteiger charge is 2.43. The van der Waals surface area contributed by atoms with Gasteiger partial charge in [-0.05, 0) is 61.0 Å². The van der Waals surface area contributed by atoms with E-state index in [9.17, 15) is 8.42 Å². The molecule has 1 fully saturated rings. The molecule has 1 aromatic rings. The van der Waals surface area contributed by atoms with Crippen molar-refractivity contribution >= 4 is 10.1 Å². The van der Waals surface area contributed by atoms with Crippen molar-refractivity contribution in [1.82, 2.24) is 0 Å². The minimum Gasteiger partial charge on any atom is -0.263 e. The minimum atomic E-state index is -3.74. The molecule has 25 heavy (non-hydrogen) atoms. The summed E-state index contributed by atoms with van der Waals surface area (Å²) in [6.07, 6.45) is 2.69. The lowest BCUT2D eigenvalue weighted by Gasteiger charge is -2.45. The van der Waals surface area contributed by atoms with Gasteiger partial charge in [-0.1, -0.05) is 59.2 Å². The fourth-order valence-electron chi connectivity index (χ4n) is 3.94. The number of hydrogen-bond acceptors (Lipinski definition) is 3. The van der Waals surface area contributed by atoms with Crippen molar-refractivity contribution in [3.63, 3.8) is 0 Å². The van der Waals surface area contributed by atoms with Crippen molar-refractivity contribution in [2.24, 2.45) is 22.7 Å². The van der Waals surface area contributed by atoms with Gasteiger partial charge in [-0.25, -0.2) is 0 Å². The maximum absolute atomic E-state index is 12.8. The van der Waals surface area contributed by atoms with Crippen molar-refractivity contribution in [3.05, 3.63) is 29.8 Å². The molecule has 0 N–H and O–H groups in total. The Morgan fingerprint density at radius 2 is 1.48 bits per heavy atom. The summed E-state index contributed by atoms with van der Waals surface area (Å²) in [5.41, 5.74) is 1.23. The van der Waals surface area contributed by atoms with E-state index in [1.165, 1.54) is 0 Å². The highest BCUT2D eigenvalue weighted by atomic mass is 32.2. The second kappa shape index (κ2) is 7.03. The van der Waals surface area contributed by atoms with Crippen LogP contribution >= 0.6 is 0 Å². The van der Waals surface area contributed by atoms with E-state index in [-0.39, 0.29) is 27.7 Å². The third-order valence-electron chi connectivity index (χ3n) is 5.69. The van der Waals surface area contributed by atoms with Crippen LogP contribution in [0.2, 0.25) is 0 Å². The first-order valence-corrected chi connectivity index (χ1v) is 10.7. The molecule has 1 aromatic carbocycles. The van der Waals surface area contributed by atoms with E-state index in [0.29, 0.717) is 5.92 Å². The van der Waals surface area contributed by atoms with Gasteiger partial charge in [-0.2, -0.15) is 8.42 Å². The largest absolute Gasteiger partial charge is 0.297 e. The van der Waals surface area contributed by atoms with Crippen LogP contribution in [0.1, 0.15) is 66.4 Å². The van der Waals surface area contributed by atoms with Crippen LogP contribution in [0.15, 0.2) is 29.2 Å². The van der Waals surface area contributed by atoms with Crippen molar-refractivity contribution in [2.75, 3.05) is 0 Å². The second-order valence-electron chi connectivity index (χ2n) is 9.75. The van der Waals surface area contributed by atoms with Gasteiger partial charge in [-0.3, -0.25) is 4.18 Å². The Labute approximate surface area is 154 Å². The molecule has 142 valence electrons. The van der Waals surface area contributed by atoms with Gasteiger partial charge in [0.05, 0.1) is 11.0 Å². The number of aryl methyl sites for hydroxylation is 1. The Kier molecular flexibility index (Phi) is 5.75. The maximum Gasteiger partial charge on any atom is 0.297 e. The zero-order valence-electron chi connectivity index (χ0n) is 16.8. The first-order valence-electron chi connectivity index (χ1n) is 9.30. The monoisotopic (exact) mass is 366 g/mol. The van der Waals surface area contributed by atoms with E-state index < -0.39 is 10.1 Å². The molecule has 1 aliphatic rings. The minimum absolute atomic E-state index is 0.0241. The molecule has 0 heterocycles. The molecular weight excluding hydrogens is 332 g/mol. The molecule has 4 heteroatoms. The van der Waals surface area contributed by atoms with Crippen LogP contribution < -0.4 is 0 Å². The van der Waals surface area contributed by atoms with Crippen molar-refractivity contribution in [3.8, 4) is 0 Å². The third kappa shape index (κ3) is 5.07. The SMILES string of the molecule is Cc1ccc(S(=O)(=O)O[C@@H]2C[C@@H](C(C)(C)C)CC[C@@H]2C(C)(C)C)cc1. The van der Waals surface area contributed by atoms with Crippen LogP contribution in [0.5, 0.6) is 0 Å². The van der Waals surface area contributed by atoms with Gasteiger partial charge in [0.25, 0.3) is 10.1 Å². The van der Waals surface area contributed by atoms with Crippen LogP contribution in [-0.4, -0.2) is 14.5 Å². The van der Waals surface area contributed by atoms with E-state index in [0.717, 1.165) is 24.8 Å². The Balaban J connectivity index is 2.28. The zero-order chi connectivity index (χ0) is 19.0. The first kappa shape index (κ1) is 20.4. The summed E-state index contributed by atoms with van der Waals surface area (Å²) in [6.45, 7) is 15.2. The fraction of sp³-hybridized carbons (Fsp3) is 0.714. The van der Waals surface area contributed by atoms with E-state index in [4.69, 9.17) is 4.18 Å². The van der Waals surface area contributed by atoms with Gasteiger partial charge < -0.3 is 0 Å². The van der Waals surface area contributed by atoms with Gasteiger partial charge >= 0.3 is 0 Å². The maximum atomic E-state index is 12.8. The summed E-state index contributed by atoms with van der Waals surface area (Å²) < 4.78 is 31.5. The van der Waals surface area contributed by atoms with Crippen molar-refractivity contribution in [1.29, 1.82) is 0 Å². The van der Waals surface area contributed by atoms with E-state index in [1.54, 1.807) is 12.1 Å². The molecule has 0 bridgehead atoms. The molecule has 0 aromatic heterocycles. The molecule has 1 saturated carbocycles. The van der Waals surface area contributed by atoms with Crippen LogP contribution in [0, 0.1) is 29.6 Å². The zero-order valence-corrected chi connectivity index (χ0v) is 17.6. The molecule has 3 nitrogen and oxygen atoms in total. The number of benzene rings is 1. The van der Waals surface area contributed by atoms with E-state index in [2.05, 4.69) is 41.5 Å². The lowest BCUT2D eigenvalue weighted by molar-refractivity contribution is -0.0119. The number of hydrogen-bond donors (Lipinski definition) is 0. The predicted molar refractivity (Wildman–Crippen MR) is 103 cm³/mol. The predicted octanol–water partition coefficient (Wildman–Crippen LogP) is 5.58. The third-order valence-corrected chi connectivity index (χ3v) is 7.04. The van der Waals surface area contributed by atoms with Gasteiger partial charge in [0.1, 0.15) is 0 Å². The number of rotatable bonds is 3. The van der Waals surface area contributed by atoms with E-state index in [1.807, 2.05) is 19.1 Å². The Hall–Kier alpha value is -0.870. The van der Waals surface area contributed by atoms with Gasteiger partial charge in [0, 0.05) is 0 Å². The Morgan fingerprint density at radius 1 is 0.920 bits per heavy atom. The summed E-state index contributed by atoms with van der Waals surface area (Å²) in [5, 5.41) is 0. The summed E-state index contributed by atoms with van der Waals surface area (Å²) in [6, 6.07) is 6.91. The molecule has 0 spiro atoms. The average Bonchev–Trinajstić information content (AvgIpc) is 2.45. The smallest absolute Gasteiger partial charge is 0.263 e. The van der Waals surface area contributed by atoms with Gasteiger partial charge in [-0.15, -0.1) is 0 Å². The van der Waals surface area contributed by atoms with Crippen LogP contribution in [-0.2, 0) is 14.3 Å². The molecular formula is C21H34O3S. The van der Waals surface area contributed by atoms with Crippen molar-refractivity contribution in [2.45, 2.75) is 78.7 Å². The van der Waals surface area contributed by atoms with Crippen LogP contribution in [0.3, 0.4) is 0 Å². The highest BCUT2D eigenvalue weighted by molar-refractivity contribution is 7.86. The fourth-order valence-corrected chi connectivity index (χ4v) is 5.05. The summed E-state index contributed by atoms with van der Waals surface area (Å²) >= 11 is 0. The first-order chi connectivity index (χ1) is 11.3. The molecule has 0 saturated heterocycles. The van der Waals surface area contributed by atoms with Crippen LogP contribution in [0.4, 0.5) is 0 Å². The molecule has 0 aliphatic heterocycles. The Bertz CT molecular complexity index is 675. The van der Waals surface area contributed by atoms with Gasteiger partial charge in [0.15, 0.2) is 0 Å². The summed E-state index contributed by atoms with van der Waals surface area (Å²) in [4.78, 5) is 0.253. The highest BCUT2D eigenvalue weighted by Crippen LogP contribution is 2.47. The summed E-state index contributed by atoms with van der Waals surface area (Å²) in [5.74, 6) is 0.718.